The van der Waals surface area contributed by atoms with Crippen molar-refractivity contribution in [3.63, 3.8) is 0 Å². The second kappa shape index (κ2) is 5.73. The van der Waals surface area contributed by atoms with Gasteiger partial charge in [-0.05, 0) is 46.3 Å². The van der Waals surface area contributed by atoms with Crippen molar-refractivity contribution in [2.75, 3.05) is 0 Å². The monoisotopic (exact) mass is 309 g/mol. The zero-order chi connectivity index (χ0) is 13.0. The van der Waals surface area contributed by atoms with E-state index in [1.165, 1.54) is 12.1 Å². The van der Waals surface area contributed by atoms with E-state index >= 15 is 0 Å². The largest absolute Gasteiger partial charge is 0.456 e. The lowest BCUT2D eigenvalue weighted by atomic mass is 10.2. The first-order valence-electron chi connectivity index (χ1n) is 5.19. The van der Waals surface area contributed by atoms with E-state index in [4.69, 9.17) is 4.74 Å². The minimum atomic E-state index is -0.591. The number of benzene rings is 1. The van der Waals surface area contributed by atoms with E-state index in [-0.39, 0.29) is 12.2 Å². The standard InChI is InChI=1S/C13H9BrFNO2/c14-12-5-4-9(15)7-11(12)13(17)18-8-10-3-1-2-6-16-10/h1-7H,8H2. The zero-order valence-electron chi connectivity index (χ0n) is 9.27. The van der Waals surface area contributed by atoms with Crippen molar-refractivity contribution in [1.82, 2.24) is 4.98 Å². The lowest BCUT2D eigenvalue weighted by Gasteiger charge is -2.06. The van der Waals surface area contributed by atoms with Crippen LogP contribution in [0.1, 0.15) is 16.1 Å². The van der Waals surface area contributed by atoms with E-state index in [1.54, 1.807) is 24.4 Å². The fraction of sp³-hybridized carbons (Fsp3) is 0.0769. The number of carbonyl (C=O) groups is 1. The van der Waals surface area contributed by atoms with Crippen LogP contribution in [0.2, 0.25) is 0 Å². The number of pyridine rings is 1. The van der Waals surface area contributed by atoms with Gasteiger partial charge in [-0.15, -0.1) is 0 Å². The van der Waals surface area contributed by atoms with E-state index in [0.29, 0.717) is 10.2 Å². The first-order chi connectivity index (χ1) is 8.66. The third-order valence-electron chi connectivity index (χ3n) is 2.23. The Morgan fingerprint density at radius 3 is 2.89 bits per heavy atom. The molecule has 0 spiro atoms. The molecule has 0 N–H and O–H groups in total. The summed E-state index contributed by atoms with van der Waals surface area (Å²) < 4.78 is 18.6. The van der Waals surface area contributed by atoms with Crippen molar-refractivity contribution in [1.29, 1.82) is 0 Å². The number of hydrogen-bond acceptors (Lipinski definition) is 3. The minimum absolute atomic E-state index is 0.0582. The van der Waals surface area contributed by atoms with Gasteiger partial charge >= 0.3 is 5.97 Å². The van der Waals surface area contributed by atoms with Crippen molar-refractivity contribution in [2.45, 2.75) is 6.61 Å². The quantitative estimate of drug-likeness (QED) is 0.816. The van der Waals surface area contributed by atoms with Gasteiger partial charge in [0.1, 0.15) is 12.4 Å². The second-order valence-corrected chi connectivity index (χ2v) is 4.38. The number of rotatable bonds is 3. The van der Waals surface area contributed by atoms with Crippen LogP contribution in [-0.4, -0.2) is 11.0 Å². The molecule has 1 aromatic carbocycles. The maximum absolute atomic E-state index is 13.0. The predicted molar refractivity (Wildman–Crippen MR) is 67.5 cm³/mol. The van der Waals surface area contributed by atoms with Crippen LogP contribution in [0.25, 0.3) is 0 Å². The molecule has 0 saturated heterocycles. The van der Waals surface area contributed by atoms with Crippen molar-refractivity contribution < 1.29 is 13.9 Å². The molecule has 0 aliphatic carbocycles. The molecule has 3 nitrogen and oxygen atoms in total. The summed E-state index contributed by atoms with van der Waals surface area (Å²) in [6.45, 7) is 0.0582. The highest BCUT2D eigenvalue weighted by Gasteiger charge is 2.12. The third kappa shape index (κ3) is 3.13. The van der Waals surface area contributed by atoms with Gasteiger partial charge in [-0.25, -0.2) is 9.18 Å². The van der Waals surface area contributed by atoms with Gasteiger partial charge in [0.05, 0.1) is 11.3 Å². The summed E-state index contributed by atoms with van der Waals surface area (Å²) in [6, 6.07) is 9.17. The number of esters is 1. The predicted octanol–water partition coefficient (Wildman–Crippen LogP) is 3.34. The van der Waals surface area contributed by atoms with E-state index < -0.39 is 11.8 Å². The Kier molecular flexibility index (Phi) is 4.04. The van der Waals surface area contributed by atoms with E-state index in [1.807, 2.05) is 0 Å². The van der Waals surface area contributed by atoms with Crippen LogP contribution in [0, 0.1) is 5.82 Å². The van der Waals surface area contributed by atoms with E-state index in [9.17, 15) is 9.18 Å². The molecule has 0 aliphatic rings. The first kappa shape index (κ1) is 12.7. The van der Waals surface area contributed by atoms with E-state index in [0.717, 1.165) is 6.07 Å². The Labute approximate surface area is 112 Å². The van der Waals surface area contributed by atoms with Gasteiger partial charge in [0.25, 0.3) is 0 Å². The maximum Gasteiger partial charge on any atom is 0.339 e. The summed E-state index contributed by atoms with van der Waals surface area (Å²) in [4.78, 5) is 15.8. The van der Waals surface area contributed by atoms with Crippen LogP contribution in [-0.2, 0) is 11.3 Å². The fourth-order valence-corrected chi connectivity index (χ4v) is 1.76. The number of halogens is 2. The smallest absolute Gasteiger partial charge is 0.339 e. The summed E-state index contributed by atoms with van der Waals surface area (Å²) in [6.07, 6.45) is 1.61. The number of carbonyl (C=O) groups excluding carboxylic acids is 1. The molecule has 0 aliphatic heterocycles. The number of ether oxygens (including phenoxy) is 1. The molecule has 2 rings (SSSR count). The normalized spacial score (nSPS) is 10.1. The van der Waals surface area contributed by atoms with Crippen LogP contribution in [0.15, 0.2) is 47.1 Å². The fourth-order valence-electron chi connectivity index (χ4n) is 1.35. The average molecular weight is 310 g/mol. The Hall–Kier alpha value is -1.75. The molecule has 0 saturated carbocycles. The Balaban J connectivity index is 2.06. The molecule has 0 unspecified atom stereocenters. The Morgan fingerprint density at radius 1 is 1.33 bits per heavy atom. The molecule has 2 aromatic rings. The average Bonchev–Trinajstić information content (AvgIpc) is 2.40. The summed E-state index contributed by atoms with van der Waals surface area (Å²) in [7, 11) is 0. The third-order valence-corrected chi connectivity index (χ3v) is 2.92. The van der Waals surface area contributed by atoms with Crippen molar-refractivity contribution in [2.24, 2.45) is 0 Å². The van der Waals surface area contributed by atoms with Gasteiger partial charge in [0.2, 0.25) is 0 Å². The van der Waals surface area contributed by atoms with Crippen molar-refractivity contribution >= 4 is 21.9 Å². The van der Waals surface area contributed by atoms with Gasteiger partial charge < -0.3 is 4.74 Å². The molecule has 1 heterocycles. The number of nitrogens with zero attached hydrogens (tertiary/aromatic N) is 1. The molecule has 0 amide bonds. The zero-order valence-corrected chi connectivity index (χ0v) is 10.9. The van der Waals surface area contributed by atoms with Gasteiger partial charge in [-0.3, -0.25) is 4.98 Å². The summed E-state index contributed by atoms with van der Waals surface area (Å²) in [5.74, 6) is -1.07. The van der Waals surface area contributed by atoms with Crippen LogP contribution in [0.5, 0.6) is 0 Å². The Morgan fingerprint density at radius 2 is 2.17 bits per heavy atom. The highest BCUT2D eigenvalue weighted by molar-refractivity contribution is 9.10. The van der Waals surface area contributed by atoms with Gasteiger partial charge in [0.15, 0.2) is 0 Å². The molecular weight excluding hydrogens is 301 g/mol. The van der Waals surface area contributed by atoms with Gasteiger partial charge in [-0.1, -0.05) is 6.07 Å². The highest BCUT2D eigenvalue weighted by Crippen LogP contribution is 2.19. The van der Waals surface area contributed by atoms with Gasteiger partial charge in [0, 0.05) is 10.7 Å². The van der Waals surface area contributed by atoms with Crippen LogP contribution >= 0.6 is 15.9 Å². The lowest BCUT2D eigenvalue weighted by molar-refractivity contribution is 0.0466. The molecule has 5 heteroatoms. The van der Waals surface area contributed by atoms with Crippen LogP contribution in [0.4, 0.5) is 4.39 Å². The maximum atomic E-state index is 13.0. The summed E-state index contributed by atoms with van der Waals surface area (Å²) >= 11 is 3.17. The first-order valence-corrected chi connectivity index (χ1v) is 5.98. The summed E-state index contributed by atoms with van der Waals surface area (Å²) in [5, 5.41) is 0. The number of aromatic nitrogens is 1. The van der Waals surface area contributed by atoms with Crippen LogP contribution in [0.3, 0.4) is 0 Å². The molecule has 0 bridgehead atoms. The molecule has 0 atom stereocenters. The molecular formula is C13H9BrFNO2. The molecule has 0 radical (unpaired) electrons. The molecule has 0 fully saturated rings. The van der Waals surface area contributed by atoms with E-state index in [2.05, 4.69) is 20.9 Å². The summed E-state index contributed by atoms with van der Waals surface area (Å²) in [5.41, 5.74) is 0.796. The second-order valence-electron chi connectivity index (χ2n) is 3.52. The minimum Gasteiger partial charge on any atom is -0.456 e. The lowest BCUT2D eigenvalue weighted by Crippen LogP contribution is -2.07. The molecule has 92 valence electrons. The van der Waals surface area contributed by atoms with Crippen molar-refractivity contribution in [3.8, 4) is 0 Å². The van der Waals surface area contributed by atoms with Crippen LogP contribution < -0.4 is 0 Å². The number of hydrogen-bond donors (Lipinski definition) is 0. The van der Waals surface area contributed by atoms with Crippen molar-refractivity contribution in [3.05, 3.63) is 64.1 Å². The topological polar surface area (TPSA) is 39.2 Å². The molecule has 18 heavy (non-hydrogen) atoms. The van der Waals surface area contributed by atoms with Gasteiger partial charge in [-0.2, -0.15) is 0 Å². The Bertz CT molecular complexity index is 560. The highest BCUT2D eigenvalue weighted by atomic mass is 79.9. The molecule has 1 aromatic heterocycles. The SMILES string of the molecule is O=C(OCc1ccccn1)c1cc(F)ccc1Br.